The van der Waals surface area contributed by atoms with E-state index in [2.05, 4.69) is 28.6 Å². The van der Waals surface area contributed by atoms with Crippen LogP contribution in [0.25, 0.3) is 0 Å². The summed E-state index contributed by atoms with van der Waals surface area (Å²) in [6, 6.07) is 0.835. The highest BCUT2D eigenvalue weighted by molar-refractivity contribution is 5.78. The molecule has 1 aliphatic heterocycles. The van der Waals surface area contributed by atoms with Gasteiger partial charge >= 0.3 is 0 Å². The molecule has 2 aliphatic rings. The van der Waals surface area contributed by atoms with Crippen LogP contribution in [0.1, 0.15) is 39.5 Å². The van der Waals surface area contributed by atoms with Crippen LogP contribution in [0.5, 0.6) is 0 Å². The molecule has 4 heteroatoms. The van der Waals surface area contributed by atoms with Crippen LogP contribution in [0, 0.1) is 5.92 Å². The van der Waals surface area contributed by atoms with Gasteiger partial charge < -0.3 is 10.6 Å². The Morgan fingerprint density at radius 3 is 2.50 bits per heavy atom. The molecule has 0 aromatic rings. The summed E-state index contributed by atoms with van der Waals surface area (Å²) in [5.74, 6) is 1.60. The second-order valence-electron chi connectivity index (χ2n) is 5.77. The maximum absolute atomic E-state index is 6.07. The van der Waals surface area contributed by atoms with Crippen molar-refractivity contribution in [3.63, 3.8) is 0 Å². The van der Waals surface area contributed by atoms with Crippen molar-refractivity contribution in [2.75, 3.05) is 32.7 Å². The molecule has 2 fully saturated rings. The normalized spacial score (nSPS) is 22.8. The highest BCUT2D eigenvalue weighted by atomic mass is 15.3. The Morgan fingerprint density at radius 2 is 1.94 bits per heavy atom. The van der Waals surface area contributed by atoms with Crippen LogP contribution in [-0.2, 0) is 0 Å². The van der Waals surface area contributed by atoms with Crippen molar-refractivity contribution < 1.29 is 0 Å². The minimum absolute atomic E-state index is 0.758. The molecule has 1 heterocycles. The molecular formula is C14H28N4. The standard InChI is InChI=1S/C14H28N4/c1-3-17(13-4-5-13)11-8-16-14(15)18-9-6-12(2)7-10-18/h12-13H,3-11H2,1-2H3,(H2,15,16). The lowest BCUT2D eigenvalue weighted by Gasteiger charge is -2.31. The quantitative estimate of drug-likeness (QED) is 0.596. The number of piperidine rings is 1. The molecule has 0 bridgehead atoms. The lowest BCUT2D eigenvalue weighted by atomic mass is 10.00. The van der Waals surface area contributed by atoms with Crippen molar-refractivity contribution in [3.8, 4) is 0 Å². The molecule has 1 saturated heterocycles. The molecule has 2 N–H and O–H groups in total. The van der Waals surface area contributed by atoms with Gasteiger partial charge in [-0.15, -0.1) is 0 Å². The van der Waals surface area contributed by atoms with Gasteiger partial charge in [-0.25, -0.2) is 0 Å². The first-order chi connectivity index (χ1) is 8.70. The van der Waals surface area contributed by atoms with E-state index in [4.69, 9.17) is 5.73 Å². The highest BCUT2D eigenvalue weighted by Gasteiger charge is 2.27. The average Bonchev–Trinajstić information content (AvgIpc) is 3.19. The molecule has 18 heavy (non-hydrogen) atoms. The zero-order valence-electron chi connectivity index (χ0n) is 11.9. The van der Waals surface area contributed by atoms with Crippen molar-refractivity contribution in [2.24, 2.45) is 16.6 Å². The number of nitrogens with zero attached hydrogens (tertiary/aromatic N) is 3. The van der Waals surface area contributed by atoms with Crippen molar-refractivity contribution in [1.82, 2.24) is 9.80 Å². The van der Waals surface area contributed by atoms with E-state index in [1.807, 2.05) is 0 Å². The van der Waals surface area contributed by atoms with Crippen LogP contribution in [0.3, 0.4) is 0 Å². The molecule has 2 rings (SSSR count). The molecule has 0 aromatic carbocycles. The molecule has 0 amide bonds. The van der Waals surface area contributed by atoms with Gasteiger partial charge in [0.25, 0.3) is 0 Å². The van der Waals surface area contributed by atoms with Gasteiger partial charge in [-0.2, -0.15) is 0 Å². The topological polar surface area (TPSA) is 44.9 Å². The third-order valence-electron chi connectivity index (χ3n) is 4.24. The maximum Gasteiger partial charge on any atom is 0.191 e. The number of likely N-dealkylation sites (tertiary alicyclic amines) is 1. The van der Waals surface area contributed by atoms with Gasteiger partial charge in [-0.05, 0) is 38.1 Å². The maximum atomic E-state index is 6.07. The number of rotatable bonds is 5. The number of aliphatic imine (C=N–C) groups is 1. The Labute approximate surface area is 111 Å². The Kier molecular flexibility index (Phi) is 4.87. The molecule has 1 aliphatic carbocycles. The van der Waals surface area contributed by atoms with Crippen LogP contribution >= 0.6 is 0 Å². The Morgan fingerprint density at radius 1 is 1.28 bits per heavy atom. The third-order valence-corrected chi connectivity index (χ3v) is 4.24. The molecule has 0 unspecified atom stereocenters. The van der Waals surface area contributed by atoms with E-state index in [0.29, 0.717) is 0 Å². The molecule has 4 nitrogen and oxygen atoms in total. The smallest absolute Gasteiger partial charge is 0.191 e. The lowest BCUT2D eigenvalue weighted by molar-refractivity contribution is 0.273. The van der Waals surface area contributed by atoms with Crippen LogP contribution < -0.4 is 5.73 Å². The summed E-state index contributed by atoms with van der Waals surface area (Å²) in [6.45, 7) is 9.76. The monoisotopic (exact) mass is 252 g/mol. The fourth-order valence-electron chi connectivity index (χ4n) is 2.67. The van der Waals surface area contributed by atoms with Gasteiger partial charge in [0.05, 0.1) is 6.54 Å². The largest absolute Gasteiger partial charge is 0.370 e. The van der Waals surface area contributed by atoms with Gasteiger partial charge in [0.1, 0.15) is 0 Å². The molecule has 0 atom stereocenters. The molecular weight excluding hydrogens is 224 g/mol. The minimum Gasteiger partial charge on any atom is -0.370 e. The van der Waals surface area contributed by atoms with Crippen LogP contribution in [0.4, 0.5) is 0 Å². The van der Waals surface area contributed by atoms with E-state index in [0.717, 1.165) is 50.6 Å². The first-order valence-electron chi connectivity index (χ1n) is 7.49. The van der Waals surface area contributed by atoms with Gasteiger partial charge in [0.2, 0.25) is 0 Å². The first kappa shape index (κ1) is 13.7. The molecule has 0 spiro atoms. The van der Waals surface area contributed by atoms with Gasteiger partial charge in [-0.3, -0.25) is 9.89 Å². The highest BCUT2D eigenvalue weighted by Crippen LogP contribution is 2.25. The second kappa shape index (κ2) is 6.41. The average molecular weight is 252 g/mol. The number of guanidine groups is 1. The number of hydrogen-bond acceptors (Lipinski definition) is 2. The van der Waals surface area contributed by atoms with Crippen molar-refractivity contribution in [3.05, 3.63) is 0 Å². The minimum atomic E-state index is 0.758. The lowest BCUT2D eigenvalue weighted by Crippen LogP contribution is -2.43. The van der Waals surface area contributed by atoms with Crippen LogP contribution in [0.15, 0.2) is 4.99 Å². The summed E-state index contributed by atoms with van der Waals surface area (Å²) in [4.78, 5) is 9.32. The van der Waals surface area contributed by atoms with E-state index in [1.54, 1.807) is 0 Å². The number of likely N-dealkylation sites (N-methyl/N-ethyl adjacent to an activating group) is 1. The Bertz CT molecular complexity index is 278. The number of hydrogen-bond donors (Lipinski definition) is 1. The van der Waals surface area contributed by atoms with Crippen molar-refractivity contribution in [1.29, 1.82) is 0 Å². The molecule has 0 radical (unpaired) electrons. The SMILES string of the molecule is CCN(CCN=C(N)N1CCC(C)CC1)C1CC1. The Hall–Kier alpha value is -0.770. The van der Waals surface area contributed by atoms with Gasteiger partial charge in [0.15, 0.2) is 5.96 Å². The first-order valence-corrected chi connectivity index (χ1v) is 7.49. The van der Waals surface area contributed by atoms with Gasteiger partial charge in [0, 0.05) is 25.7 Å². The van der Waals surface area contributed by atoms with E-state index in [1.165, 1.54) is 25.7 Å². The zero-order valence-corrected chi connectivity index (χ0v) is 11.9. The summed E-state index contributed by atoms with van der Waals surface area (Å²) in [5, 5.41) is 0. The van der Waals surface area contributed by atoms with Crippen LogP contribution in [0.2, 0.25) is 0 Å². The van der Waals surface area contributed by atoms with E-state index in [-0.39, 0.29) is 0 Å². The Balaban J connectivity index is 1.71. The van der Waals surface area contributed by atoms with Crippen LogP contribution in [-0.4, -0.2) is 54.5 Å². The molecule has 0 aromatic heterocycles. The van der Waals surface area contributed by atoms with Gasteiger partial charge in [-0.1, -0.05) is 13.8 Å². The van der Waals surface area contributed by atoms with E-state index >= 15 is 0 Å². The van der Waals surface area contributed by atoms with Crippen molar-refractivity contribution in [2.45, 2.75) is 45.6 Å². The number of nitrogens with two attached hydrogens (primary N) is 1. The molecule has 104 valence electrons. The van der Waals surface area contributed by atoms with E-state index in [9.17, 15) is 0 Å². The van der Waals surface area contributed by atoms with E-state index < -0.39 is 0 Å². The summed E-state index contributed by atoms with van der Waals surface area (Å²) in [7, 11) is 0. The van der Waals surface area contributed by atoms with Crippen molar-refractivity contribution >= 4 is 5.96 Å². The summed E-state index contributed by atoms with van der Waals surface area (Å²) < 4.78 is 0. The second-order valence-corrected chi connectivity index (χ2v) is 5.77. The fraction of sp³-hybridized carbons (Fsp3) is 0.929. The summed E-state index contributed by atoms with van der Waals surface area (Å²) >= 11 is 0. The summed E-state index contributed by atoms with van der Waals surface area (Å²) in [6.07, 6.45) is 5.24. The zero-order chi connectivity index (χ0) is 13.0. The predicted molar refractivity (Wildman–Crippen MR) is 76.7 cm³/mol. The third kappa shape index (κ3) is 3.87. The molecule has 1 saturated carbocycles. The summed E-state index contributed by atoms with van der Waals surface area (Å²) in [5.41, 5.74) is 6.07. The predicted octanol–water partition coefficient (Wildman–Crippen LogP) is 1.52. The fourth-order valence-corrected chi connectivity index (χ4v) is 2.67.